The number of rotatable bonds is 12. The summed E-state index contributed by atoms with van der Waals surface area (Å²) >= 11 is -0.941. The Morgan fingerprint density at radius 3 is 2.25 bits per heavy atom. The Bertz CT molecular complexity index is 1390. The van der Waals surface area contributed by atoms with E-state index in [4.69, 9.17) is 9.40 Å². The number of pyridine rings is 1. The molecule has 1 N–H and O–H groups in total. The predicted octanol–water partition coefficient (Wildman–Crippen LogP) is 8.91. The molecule has 1 saturated heterocycles. The number of aromatic nitrogens is 3. The SMILES string of the molecule is CCC[CH2][Sn]([CH2]CCC)([CH2]CCC)[c]1ccccn1.C[C@H]1CNCCN1c1nc2cc(C(F)(F)F)cc(-c3nccs3)c2o1. The largest absolute Gasteiger partial charge is 0.423 e. The maximum Gasteiger partial charge on any atom is 0.416 e. The zero-order valence-electron chi connectivity index (χ0n) is 26.4. The van der Waals surface area contributed by atoms with Crippen LogP contribution in [-0.4, -0.2) is 59.0 Å². The summed E-state index contributed by atoms with van der Waals surface area (Å²) in [5, 5.41) is 5.46. The van der Waals surface area contributed by atoms with Crippen LogP contribution in [0.4, 0.5) is 19.2 Å². The topological polar surface area (TPSA) is 67.1 Å². The molecular formula is C33H46F3N5OSSn. The van der Waals surface area contributed by atoms with Gasteiger partial charge in [0.1, 0.15) is 10.5 Å². The molecule has 240 valence electrons. The zero-order chi connectivity index (χ0) is 31.6. The fraction of sp³-hybridized carbons (Fsp3) is 0.545. The molecule has 0 spiro atoms. The van der Waals surface area contributed by atoms with Crippen molar-refractivity contribution in [3.63, 3.8) is 0 Å². The molecule has 5 rings (SSSR count). The quantitative estimate of drug-likeness (QED) is 0.147. The summed E-state index contributed by atoms with van der Waals surface area (Å²) in [6, 6.07) is 9.23. The van der Waals surface area contributed by atoms with Crippen molar-refractivity contribution in [1.82, 2.24) is 20.3 Å². The minimum atomic E-state index is -4.46. The molecule has 0 saturated carbocycles. The molecule has 0 unspecified atom stereocenters. The minimum Gasteiger partial charge on any atom is -0.423 e. The van der Waals surface area contributed by atoms with Crippen LogP contribution in [0.25, 0.3) is 21.7 Å². The van der Waals surface area contributed by atoms with Gasteiger partial charge in [0.05, 0.1) is 11.1 Å². The molecule has 6 nitrogen and oxygen atoms in total. The van der Waals surface area contributed by atoms with Gasteiger partial charge >= 0.3 is 130 Å². The Labute approximate surface area is 267 Å². The predicted molar refractivity (Wildman–Crippen MR) is 179 cm³/mol. The van der Waals surface area contributed by atoms with Gasteiger partial charge in [0.25, 0.3) is 6.01 Å². The van der Waals surface area contributed by atoms with E-state index in [1.807, 2.05) is 18.0 Å². The van der Waals surface area contributed by atoms with E-state index in [1.54, 1.807) is 15.3 Å². The third kappa shape index (κ3) is 8.75. The average Bonchev–Trinajstić information content (AvgIpc) is 3.72. The molecule has 11 heteroatoms. The van der Waals surface area contributed by atoms with Crippen LogP contribution in [-0.2, 0) is 6.18 Å². The standard InChI is InChI=1S/C16H15F3N4OS.C5H4N.3C4H9.Sn/c1-9-8-20-2-4-23(9)15-22-12-7-10(16(17,18)19)6-11(13(12)24-15)14-21-3-5-25-14;1-2-4-6-5-3-1;3*1-3-4-2;/h3,5-7,9,20H,2,4,8H2,1H3;1-4H;3*1,3-4H2,2H3;/t9-;;;;;/m0...../s1. The molecule has 1 atom stereocenters. The molecule has 1 fully saturated rings. The van der Waals surface area contributed by atoms with Gasteiger partial charge in [-0.25, -0.2) is 4.98 Å². The van der Waals surface area contributed by atoms with Gasteiger partial charge in [-0.1, -0.05) is 0 Å². The number of alkyl halides is 3. The van der Waals surface area contributed by atoms with Crippen molar-refractivity contribution >= 4 is 50.5 Å². The van der Waals surface area contributed by atoms with Crippen LogP contribution in [0.1, 0.15) is 71.8 Å². The average molecular weight is 737 g/mol. The molecule has 1 aliphatic rings. The number of thiazole rings is 1. The van der Waals surface area contributed by atoms with E-state index >= 15 is 0 Å². The maximum absolute atomic E-state index is 13.3. The number of piperazine rings is 1. The number of fused-ring (bicyclic) bond motifs is 1. The number of anilines is 1. The van der Waals surface area contributed by atoms with E-state index in [-0.39, 0.29) is 11.6 Å². The summed E-state index contributed by atoms with van der Waals surface area (Å²) in [5.41, 5.74) is 0.101. The first-order valence-electron chi connectivity index (χ1n) is 16.0. The second-order valence-corrected chi connectivity index (χ2v) is 25.7. The number of hydrogen-bond donors (Lipinski definition) is 1. The number of benzene rings is 1. The number of oxazole rings is 1. The molecule has 3 aromatic heterocycles. The van der Waals surface area contributed by atoms with Crippen molar-refractivity contribution in [3.05, 3.63) is 53.7 Å². The van der Waals surface area contributed by atoms with Gasteiger partial charge in [-0.3, -0.25) is 0 Å². The van der Waals surface area contributed by atoms with Gasteiger partial charge in [0.15, 0.2) is 5.58 Å². The zero-order valence-corrected chi connectivity index (χ0v) is 30.1. The van der Waals surface area contributed by atoms with Gasteiger partial charge in [-0.05, 0) is 19.1 Å². The molecule has 0 aliphatic carbocycles. The monoisotopic (exact) mass is 737 g/mol. The smallest absolute Gasteiger partial charge is 0.416 e. The minimum absolute atomic E-state index is 0.146. The summed E-state index contributed by atoms with van der Waals surface area (Å²) < 4.78 is 51.8. The van der Waals surface area contributed by atoms with Crippen LogP contribution in [0, 0.1) is 0 Å². The first-order chi connectivity index (χ1) is 21.2. The van der Waals surface area contributed by atoms with Gasteiger partial charge in [0, 0.05) is 37.3 Å². The molecule has 44 heavy (non-hydrogen) atoms. The van der Waals surface area contributed by atoms with Crippen LogP contribution >= 0.6 is 11.3 Å². The van der Waals surface area contributed by atoms with Gasteiger partial charge in [-0.15, -0.1) is 11.3 Å². The molecule has 1 aromatic carbocycles. The Hall–Kier alpha value is -2.18. The molecule has 0 radical (unpaired) electrons. The van der Waals surface area contributed by atoms with E-state index in [2.05, 4.69) is 54.3 Å². The number of nitrogens with one attached hydrogen (secondary N) is 1. The first kappa shape index (κ1) is 34.7. The van der Waals surface area contributed by atoms with Crippen molar-refractivity contribution in [1.29, 1.82) is 0 Å². The van der Waals surface area contributed by atoms with E-state index in [0.29, 0.717) is 28.7 Å². The fourth-order valence-electron chi connectivity index (χ4n) is 5.93. The molecule has 0 amide bonds. The van der Waals surface area contributed by atoms with Crippen LogP contribution in [0.2, 0.25) is 13.3 Å². The van der Waals surface area contributed by atoms with Gasteiger partial charge < -0.3 is 14.6 Å². The molecule has 0 bridgehead atoms. The van der Waals surface area contributed by atoms with Crippen LogP contribution < -0.4 is 13.9 Å². The first-order valence-corrected chi connectivity index (χ1v) is 24.4. The van der Waals surface area contributed by atoms with Crippen molar-refractivity contribution in [3.8, 4) is 10.6 Å². The van der Waals surface area contributed by atoms with Crippen molar-refractivity contribution in [2.24, 2.45) is 0 Å². The van der Waals surface area contributed by atoms with Crippen molar-refractivity contribution in [2.45, 2.75) is 91.7 Å². The van der Waals surface area contributed by atoms with Crippen LogP contribution in [0.5, 0.6) is 0 Å². The second kappa shape index (κ2) is 16.4. The Morgan fingerprint density at radius 1 is 1.00 bits per heavy atom. The number of nitrogens with zero attached hydrogens (tertiary/aromatic N) is 4. The van der Waals surface area contributed by atoms with Crippen LogP contribution in [0.3, 0.4) is 0 Å². The van der Waals surface area contributed by atoms with Gasteiger partial charge in [0.2, 0.25) is 0 Å². The van der Waals surface area contributed by atoms with Gasteiger partial charge in [-0.2, -0.15) is 18.2 Å². The summed E-state index contributed by atoms with van der Waals surface area (Å²) in [6.45, 7) is 11.2. The summed E-state index contributed by atoms with van der Waals surface area (Å²) in [6.07, 6.45) is 7.38. The third-order valence-electron chi connectivity index (χ3n) is 8.45. The Morgan fingerprint density at radius 2 is 1.70 bits per heavy atom. The molecule has 4 heterocycles. The molecule has 4 aromatic rings. The summed E-state index contributed by atoms with van der Waals surface area (Å²) in [4.78, 5) is 15.2. The van der Waals surface area contributed by atoms with Crippen LogP contribution in [0.15, 0.2) is 52.5 Å². The third-order valence-corrected chi connectivity index (χ3v) is 24.4. The number of halogens is 3. The number of hydrogen-bond acceptors (Lipinski definition) is 7. The maximum atomic E-state index is 13.3. The van der Waals surface area contributed by atoms with E-state index in [9.17, 15) is 13.2 Å². The van der Waals surface area contributed by atoms with Crippen molar-refractivity contribution < 1.29 is 17.6 Å². The fourth-order valence-corrected chi connectivity index (χ4v) is 22.0. The second-order valence-electron chi connectivity index (χ2n) is 11.8. The molecular weight excluding hydrogens is 690 g/mol. The van der Waals surface area contributed by atoms with E-state index in [1.165, 1.54) is 63.2 Å². The summed E-state index contributed by atoms with van der Waals surface area (Å²) in [5.74, 6) is 0. The van der Waals surface area contributed by atoms with Crippen molar-refractivity contribution in [2.75, 3.05) is 24.5 Å². The molecule has 1 aliphatic heterocycles. The Balaban J connectivity index is 0.000000210. The van der Waals surface area contributed by atoms with E-state index < -0.39 is 30.1 Å². The van der Waals surface area contributed by atoms with E-state index in [0.717, 1.165) is 25.2 Å². The summed E-state index contributed by atoms with van der Waals surface area (Å²) in [7, 11) is 0. The number of unbranched alkanes of at least 4 members (excludes halogenated alkanes) is 3. The normalized spacial score (nSPS) is 15.8. The Kier molecular flexibility index (Phi) is 12.9.